The maximum absolute atomic E-state index is 12.3. The van der Waals surface area contributed by atoms with Crippen LogP contribution in [0.25, 0.3) is 0 Å². The molecule has 34 heavy (non-hydrogen) atoms. The lowest BCUT2D eigenvalue weighted by atomic mass is 10.1. The van der Waals surface area contributed by atoms with Crippen LogP contribution in [0.15, 0.2) is 36.4 Å². The SMILES string of the molecule is CNC(=O)c1cc(Cl)c(OCCSC)cc1OCC(O)CN1C[C@@H](Oc2ccc(Cl)cc2)CO1. The summed E-state index contributed by atoms with van der Waals surface area (Å²) in [5, 5.41) is 15.6. The molecular formula is C23H28Cl2N2O6S. The fraction of sp³-hybridized carbons (Fsp3) is 0.435. The van der Waals surface area contributed by atoms with Crippen LogP contribution >= 0.6 is 35.0 Å². The minimum atomic E-state index is -0.872. The van der Waals surface area contributed by atoms with Gasteiger partial charge in [-0.1, -0.05) is 23.2 Å². The Kier molecular flexibility index (Phi) is 10.4. The Morgan fingerprint density at radius 3 is 2.74 bits per heavy atom. The van der Waals surface area contributed by atoms with E-state index >= 15 is 0 Å². The molecule has 0 saturated carbocycles. The third-order valence-corrected chi connectivity index (χ3v) is 5.99. The molecule has 1 heterocycles. The van der Waals surface area contributed by atoms with E-state index in [4.69, 9.17) is 42.3 Å². The van der Waals surface area contributed by atoms with Crippen LogP contribution in [0.5, 0.6) is 17.2 Å². The number of rotatable bonds is 12. The second kappa shape index (κ2) is 13.3. The van der Waals surface area contributed by atoms with Crippen LogP contribution in [-0.2, 0) is 4.84 Å². The molecule has 1 aliphatic rings. The molecular weight excluding hydrogens is 503 g/mol. The Morgan fingerprint density at radius 1 is 1.26 bits per heavy atom. The van der Waals surface area contributed by atoms with Crippen LogP contribution in [0.1, 0.15) is 10.4 Å². The maximum Gasteiger partial charge on any atom is 0.254 e. The van der Waals surface area contributed by atoms with Crippen molar-refractivity contribution < 1.29 is 28.9 Å². The van der Waals surface area contributed by atoms with Crippen molar-refractivity contribution in [3.8, 4) is 17.2 Å². The number of aliphatic hydroxyl groups is 1. The average molecular weight is 531 g/mol. The summed E-state index contributed by atoms with van der Waals surface area (Å²) >= 11 is 13.8. The van der Waals surface area contributed by atoms with Crippen LogP contribution < -0.4 is 19.5 Å². The largest absolute Gasteiger partial charge is 0.491 e. The molecule has 1 fully saturated rings. The zero-order valence-corrected chi connectivity index (χ0v) is 21.3. The van der Waals surface area contributed by atoms with Gasteiger partial charge in [0.25, 0.3) is 5.91 Å². The zero-order chi connectivity index (χ0) is 24.5. The smallest absolute Gasteiger partial charge is 0.254 e. The van der Waals surface area contributed by atoms with Gasteiger partial charge in [-0.25, -0.2) is 0 Å². The third kappa shape index (κ3) is 7.83. The first kappa shape index (κ1) is 26.7. The van der Waals surface area contributed by atoms with Gasteiger partial charge in [0.2, 0.25) is 0 Å². The van der Waals surface area contributed by atoms with Gasteiger partial charge < -0.3 is 24.6 Å². The molecule has 2 aromatic carbocycles. The molecule has 0 radical (unpaired) electrons. The Hall–Kier alpha value is -1.88. The first-order valence-electron chi connectivity index (χ1n) is 10.7. The lowest BCUT2D eigenvalue weighted by Crippen LogP contribution is -2.35. The summed E-state index contributed by atoms with van der Waals surface area (Å²) in [5.41, 5.74) is 0.255. The van der Waals surface area contributed by atoms with Crippen molar-refractivity contribution in [2.45, 2.75) is 12.2 Å². The number of halogens is 2. The zero-order valence-electron chi connectivity index (χ0n) is 19.0. The van der Waals surface area contributed by atoms with Gasteiger partial charge in [0, 0.05) is 23.9 Å². The van der Waals surface area contributed by atoms with Crippen LogP contribution in [0.4, 0.5) is 0 Å². The van der Waals surface area contributed by atoms with E-state index in [1.54, 1.807) is 47.2 Å². The van der Waals surface area contributed by atoms with Gasteiger partial charge >= 0.3 is 0 Å². The van der Waals surface area contributed by atoms with E-state index < -0.39 is 6.10 Å². The van der Waals surface area contributed by atoms with Crippen LogP contribution in [0.2, 0.25) is 10.0 Å². The van der Waals surface area contributed by atoms with Crippen molar-refractivity contribution in [3.05, 3.63) is 52.0 Å². The molecule has 1 saturated heterocycles. The summed E-state index contributed by atoms with van der Waals surface area (Å²) in [6.07, 6.45) is 0.931. The number of nitrogens with one attached hydrogen (secondary N) is 1. The molecule has 11 heteroatoms. The first-order chi connectivity index (χ1) is 16.4. The number of β-amino-alcohol motifs (C(OH)–C–C–N with tert-alkyl or cyclic N) is 1. The molecule has 2 atom stereocenters. The number of benzene rings is 2. The van der Waals surface area contributed by atoms with Gasteiger partial charge in [0.05, 0.1) is 30.3 Å². The highest BCUT2D eigenvalue weighted by molar-refractivity contribution is 7.98. The predicted octanol–water partition coefficient (Wildman–Crippen LogP) is 3.53. The Balaban J connectivity index is 1.54. The molecule has 1 amide bonds. The van der Waals surface area contributed by atoms with Gasteiger partial charge in [-0.15, -0.1) is 0 Å². The standard InChI is InChI=1S/C23H28Cl2N2O6S/c1-26-23(29)19-9-20(25)22(30-7-8-34-2)10-21(19)31-13-16(28)11-27-12-18(14-32-27)33-17-5-3-15(24)4-6-17/h3-6,9-10,16,18,28H,7-8,11-14H2,1-2H3,(H,26,29)/t16?,18-/m1/s1. The maximum atomic E-state index is 12.3. The number of amides is 1. The predicted molar refractivity (Wildman–Crippen MR) is 134 cm³/mol. The molecule has 3 rings (SSSR count). The number of carbonyl (C=O) groups excluding carboxylic acids is 1. The van der Waals surface area contributed by atoms with Crippen molar-refractivity contribution in [1.82, 2.24) is 10.4 Å². The average Bonchev–Trinajstić information content (AvgIpc) is 3.26. The molecule has 0 spiro atoms. The van der Waals surface area contributed by atoms with Crippen LogP contribution in [-0.4, -0.2) is 80.3 Å². The molecule has 8 nitrogen and oxygen atoms in total. The van der Waals surface area contributed by atoms with E-state index in [1.165, 1.54) is 13.1 Å². The summed E-state index contributed by atoms with van der Waals surface area (Å²) in [6.45, 7) is 1.47. The third-order valence-electron chi connectivity index (χ3n) is 4.86. The summed E-state index contributed by atoms with van der Waals surface area (Å²) in [7, 11) is 1.52. The minimum absolute atomic E-state index is 0.0571. The molecule has 2 N–H and O–H groups in total. The Morgan fingerprint density at radius 2 is 2.03 bits per heavy atom. The van der Waals surface area contributed by atoms with Gasteiger partial charge in [-0.3, -0.25) is 9.63 Å². The number of ether oxygens (including phenoxy) is 3. The second-order valence-corrected chi connectivity index (χ2v) is 9.33. The summed E-state index contributed by atoms with van der Waals surface area (Å²) in [5.74, 6) is 1.82. The number of thioether (sulfide) groups is 1. The van der Waals surface area contributed by atoms with Gasteiger partial charge in [0.1, 0.15) is 42.7 Å². The van der Waals surface area contributed by atoms with E-state index in [1.807, 2.05) is 6.26 Å². The van der Waals surface area contributed by atoms with Crippen molar-refractivity contribution in [3.63, 3.8) is 0 Å². The molecule has 186 valence electrons. The molecule has 0 bridgehead atoms. The molecule has 2 aromatic rings. The molecule has 1 unspecified atom stereocenters. The highest BCUT2D eigenvalue weighted by atomic mass is 35.5. The summed E-state index contributed by atoms with van der Waals surface area (Å²) in [6, 6.07) is 10.2. The van der Waals surface area contributed by atoms with Gasteiger partial charge in [0.15, 0.2) is 0 Å². The number of hydroxylamine groups is 2. The van der Waals surface area contributed by atoms with Crippen LogP contribution in [0.3, 0.4) is 0 Å². The summed E-state index contributed by atoms with van der Waals surface area (Å²) in [4.78, 5) is 17.9. The quantitative estimate of drug-likeness (QED) is 0.403. The van der Waals surface area contributed by atoms with Crippen LogP contribution in [0, 0.1) is 0 Å². The highest BCUT2D eigenvalue weighted by Gasteiger charge is 2.27. The molecule has 0 aliphatic carbocycles. The number of carbonyl (C=O) groups is 1. The van der Waals surface area contributed by atoms with E-state index in [2.05, 4.69) is 5.32 Å². The molecule has 1 aliphatic heterocycles. The van der Waals surface area contributed by atoms with Gasteiger partial charge in [-0.05, 0) is 36.6 Å². The number of nitrogens with zero attached hydrogens (tertiary/aromatic N) is 1. The Bertz CT molecular complexity index is 950. The van der Waals surface area contributed by atoms with Crippen molar-refractivity contribution in [2.24, 2.45) is 0 Å². The molecule has 0 aromatic heterocycles. The van der Waals surface area contributed by atoms with Crippen molar-refractivity contribution >= 4 is 40.9 Å². The monoisotopic (exact) mass is 530 g/mol. The lowest BCUT2D eigenvalue weighted by Gasteiger charge is -2.20. The van der Waals surface area contributed by atoms with Crippen molar-refractivity contribution in [2.75, 3.05) is 52.0 Å². The number of hydrogen-bond acceptors (Lipinski definition) is 8. The van der Waals surface area contributed by atoms with E-state index in [0.717, 1.165) is 5.75 Å². The summed E-state index contributed by atoms with van der Waals surface area (Å²) < 4.78 is 17.4. The minimum Gasteiger partial charge on any atom is -0.491 e. The normalized spacial score (nSPS) is 16.8. The fourth-order valence-corrected chi connectivity index (χ4v) is 3.81. The highest BCUT2D eigenvalue weighted by Crippen LogP contribution is 2.33. The fourth-order valence-electron chi connectivity index (χ4n) is 3.21. The lowest BCUT2D eigenvalue weighted by molar-refractivity contribution is -0.131. The Labute approximate surface area is 213 Å². The topological polar surface area (TPSA) is 89.5 Å². The van der Waals surface area contributed by atoms with E-state index in [9.17, 15) is 9.90 Å². The van der Waals surface area contributed by atoms with Crippen molar-refractivity contribution in [1.29, 1.82) is 0 Å². The van der Waals surface area contributed by atoms with E-state index in [-0.39, 0.29) is 36.5 Å². The first-order valence-corrected chi connectivity index (χ1v) is 12.8. The number of hydrogen-bond donors (Lipinski definition) is 2. The van der Waals surface area contributed by atoms with E-state index in [0.29, 0.717) is 41.3 Å². The van der Waals surface area contributed by atoms with Gasteiger partial charge in [-0.2, -0.15) is 16.8 Å². The number of aliphatic hydroxyl groups excluding tert-OH is 1. The second-order valence-electron chi connectivity index (χ2n) is 7.50.